The summed E-state index contributed by atoms with van der Waals surface area (Å²) >= 11 is 0. The molecule has 2 aromatic carbocycles. The minimum absolute atomic E-state index is 0.00506. The first-order valence-electron chi connectivity index (χ1n) is 10.4. The van der Waals surface area contributed by atoms with Crippen LogP contribution in [0.4, 0.5) is 4.79 Å². The maximum Gasteiger partial charge on any atom is 0.325 e. The topological polar surface area (TPSA) is 78.9 Å². The Bertz CT molecular complexity index is 928. The number of aryl methyl sites for hydroxylation is 1. The zero-order valence-electron chi connectivity index (χ0n) is 17.4. The van der Waals surface area contributed by atoms with Crippen LogP contribution in [0.15, 0.2) is 54.6 Å². The highest BCUT2D eigenvalue weighted by atomic mass is 16.5. The summed E-state index contributed by atoms with van der Waals surface area (Å²) in [6.45, 7) is 3.72. The number of hydrogen-bond donors (Lipinski definition) is 2. The molecule has 2 aromatic rings. The summed E-state index contributed by atoms with van der Waals surface area (Å²) in [6, 6.07) is 17.4. The molecule has 0 unspecified atom stereocenters. The van der Waals surface area contributed by atoms with Crippen LogP contribution in [0, 0.1) is 12.8 Å². The first-order valence-corrected chi connectivity index (χ1v) is 10.4. The van der Waals surface area contributed by atoms with Crippen LogP contribution in [0.2, 0.25) is 0 Å². The fourth-order valence-corrected chi connectivity index (χ4v) is 4.16. The summed E-state index contributed by atoms with van der Waals surface area (Å²) in [6.07, 6.45) is 0.562. The Balaban J connectivity index is 1.44. The van der Waals surface area contributed by atoms with Crippen LogP contribution in [0.1, 0.15) is 42.6 Å². The Morgan fingerprint density at radius 1 is 1.13 bits per heavy atom. The van der Waals surface area contributed by atoms with Crippen molar-refractivity contribution in [3.05, 3.63) is 71.3 Å². The van der Waals surface area contributed by atoms with Gasteiger partial charge in [0.1, 0.15) is 11.6 Å². The van der Waals surface area contributed by atoms with Gasteiger partial charge in [-0.05, 0) is 49.3 Å². The fourth-order valence-electron chi connectivity index (χ4n) is 4.16. The highest BCUT2D eigenvalue weighted by molar-refractivity contribution is 6.07. The normalized spacial score (nSPS) is 23.4. The number of β-amino-alcohol motifs (C(OH)–C–C–N with tert-alkyl or cyclic N) is 1. The van der Waals surface area contributed by atoms with E-state index < -0.39 is 17.7 Å². The minimum atomic E-state index is -0.975. The molecule has 1 saturated heterocycles. The lowest BCUT2D eigenvalue weighted by Gasteiger charge is -2.24. The molecule has 1 aliphatic heterocycles. The maximum absolute atomic E-state index is 12.8. The van der Waals surface area contributed by atoms with Crippen LogP contribution in [0.25, 0.3) is 0 Å². The average molecular weight is 408 g/mol. The molecule has 4 rings (SSSR count). The standard InChI is InChI=1S/C24H28N2O4/c1-16-8-6-7-11-20(16)21(17-9-4-3-5-10-17)30-15-19(27)14-26-22(28)24(2,18-12-13-18)25-23(26)29/h3-11,18-19,21,27H,12-15H2,1-2H3,(H,25,29)/t19-,21-,24-/m1/s1. The van der Waals surface area contributed by atoms with E-state index in [2.05, 4.69) is 5.32 Å². The monoisotopic (exact) mass is 408 g/mol. The number of nitrogens with zero attached hydrogens (tertiary/aromatic N) is 1. The molecule has 2 fully saturated rings. The lowest BCUT2D eigenvalue weighted by Crippen LogP contribution is -2.46. The number of urea groups is 1. The van der Waals surface area contributed by atoms with Gasteiger partial charge >= 0.3 is 6.03 Å². The van der Waals surface area contributed by atoms with Gasteiger partial charge in [-0.3, -0.25) is 9.69 Å². The number of carbonyl (C=O) groups excluding carboxylic acids is 2. The van der Waals surface area contributed by atoms with Crippen LogP contribution >= 0.6 is 0 Å². The third-order valence-corrected chi connectivity index (χ3v) is 6.12. The quantitative estimate of drug-likeness (QED) is 0.658. The van der Waals surface area contributed by atoms with E-state index >= 15 is 0 Å². The van der Waals surface area contributed by atoms with Crippen LogP contribution < -0.4 is 5.32 Å². The summed E-state index contributed by atoms with van der Waals surface area (Å²) < 4.78 is 6.13. The molecule has 2 N–H and O–H groups in total. The van der Waals surface area contributed by atoms with Gasteiger partial charge in [-0.2, -0.15) is 0 Å². The van der Waals surface area contributed by atoms with E-state index in [-0.39, 0.29) is 31.1 Å². The van der Waals surface area contributed by atoms with Gasteiger partial charge in [0, 0.05) is 0 Å². The zero-order valence-corrected chi connectivity index (χ0v) is 17.4. The molecule has 0 aromatic heterocycles. The molecule has 6 nitrogen and oxygen atoms in total. The van der Waals surface area contributed by atoms with Crippen molar-refractivity contribution < 1.29 is 19.4 Å². The summed E-state index contributed by atoms with van der Waals surface area (Å²) in [4.78, 5) is 26.2. The van der Waals surface area contributed by atoms with Gasteiger partial charge in [0.05, 0.1) is 19.3 Å². The van der Waals surface area contributed by atoms with Gasteiger partial charge in [-0.15, -0.1) is 0 Å². The summed E-state index contributed by atoms with van der Waals surface area (Å²) in [7, 11) is 0. The number of aliphatic hydroxyl groups is 1. The molecule has 158 valence electrons. The van der Waals surface area contributed by atoms with E-state index in [9.17, 15) is 14.7 Å². The summed E-state index contributed by atoms with van der Waals surface area (Å²) in [5.74, 6) is -0.0663. The van der Waals surface area contributed by atoms with E-state index in [4.69, 9.17) is 4.74 Å². The Hall–Kier alpha value is -2.70. The number of aliphatic hydroxyl groups excluding tert-OH is 1. The van der Waals surface area contributed by atoms with Gasteiger partial charge in [-0.25, -0.2) is 4.79 Å². The van der Waals surface area contributed by atoms with Crippen LogP contribution in [0.3, 0.4) is 0 Å². The van der Waals surface area contributed by atoms with E-state index in [1.165, 1.54) is 0 Å². The molecule has 1 heterocycles. The van der Waals surface area contributed by atoms with Crippen molar-refractivity contribution >= 4 is 11.9 Å². The maximum atomic E-state index is 12.8. The lowest BCUT2D eigenvalue weighted by molar-refractivity contribution is -0.132. The molecule has 6 heteroatoms. The van der Waals surface area contributed by atoms with Crippen molar-refractivity contribution in [1.82, 2.24) is 10.2 Å². The molecule has 0 bridgehead atoms. The average Bonchev–Trinajstić information content (AvgIpc) is 3.56. The third-order valence-electron chi connectivity index (χ3n) is 6.12. The molecule has 0 radical (unpaired) electrons. The second-order valence-corrected chi connectivity index (χ2v) is 8.46. The van der Waals surface area contributed by atoms with E-state index in [1.54, 1.807) is 6.92 Å². The van der Waals surface area contributed by atoms with Crippen molar-refractivity contribution in [2.75, 3.05) is 13.2 Å². The van der Waals surface area contributed by atoms with Crippen molar-refractivity contribution in [3.63, 3.8) is 0 Å². The molecule has 2 aliphatic rings. The van der Waals surface area contributed by atoms with E-state index in [1.807, 2.05) is 61.5 Å². The number of imide groups is 1. The van der Waals surface area contributed by atoms with Crippen LogP contribution in [0.5, 0.6) is 0 Å². The number of nitrogens with one attached hydrogen (secondary N) is 1. The predicted octanol–water partition coefficient (Wildman–Crippen LogP) is 3.18. The number of benzene rings is 2. The summed E-state index contributed by atoms with van der Waals surface area (Å²) in [5.41, 5.74) is 2.25. The zero-order chi connectivity index (χ0) is 21.3. The number of hydrogen-bond acceptors (Lipinski definition) is 4. The lowest BCUT2D eigenvalue weighted by atomic mass is 9.96. The highest BCUT2D eigenvalue weighted by Gasteiger charge is 2.56. The van der Waals surface area contributed by atoms with Gasteiger partial charge in [-0.1, -0.05) is 54.6 Å². The third kappa shape index (κ3) is 3.98. The van der Waals surface area contributed by atoms with Crippen LogP contribution in [-0.2, 0) is 9.53 Å². The molecule has 1 saturated carbocycles. The van der Waals surface area contributed by atoms with E-state index in [0.29, 0.717) is 0 Å². The molecule has 0 spiro atoms. The van der Waals surface area contributed by atoms with Gasteiger partial charge in [0.15, 0.2) is 0 Å². The van der Waals surface area contributed by atoms with Gasteiger partial charge in [0.25, 0.3) is 5.91 Å². The molecule has 1 aliphatic carbocycles. The highest BCUT2D eigenvalue weighted by Crippen LogP contribution is 2.42. The first-order chi connectivity index (χ1) is 14.4. The second-order valence-electron chi connectivity index (χ2n) is 8.46. The van der Waals surface area contributed by atoms with Gasteiger partial charge < -0.3 is 15.2 Å². The van der Waals surface area contributed by atoms with Crippen molar-refractivity contribution in [2.45, 2.75) is 44.4 Å². The molecule has 3 amide bonds. The Kier molecular flexibility index (Phi) is 5.62. The molecular formula is C24H28N2O4. The second kappa shape index (κ2) is 8.20. The number of amides is 3. The Labute approximate surface area is 176 Å². The SMILES string of the molecule is Cc1ccccc1[C@H](OC[C@H](O)CN1C(=O)N[C@](C)(C2CC2)C1=O)c1ccccc1. The molecular weight excluding hydrogens is 380 g/mol. The fraction of sp³-hybridized carbons (Fsp3) is 0.417. The number of carbonyl (C=O) groups is 2. The smallest absolute Gasteiger partial charge is 0.325 e. The molecule has 3 atom stereocenters. The Morgan fingerprint density at radius 2 is 1.80 bits per heavy atom. The van der Waals surface area contributed by atoms with Gasteiger partial charge in [0.2, 0.25) is 0 Å². The van der Waals surface area contributed by atoms with Crippen LogP contribution in [-0.4, -0.2) is 46.7 Å². The minimum Gasteiger partial charge on any atom is -0.389 e. The largest absolute Gasteiger partial charge is 0.389 e. The number of rotatable bonds is 8. The summed E-state index contributed by atoms with van der Waals surface area (Å²) in [5, 5.41) is 13.4. The van der Waals surface area contributed by atoms with Crippen molar-refractivity contribution in [2.24, 2.45) is 5.92 Å². The Morgan fingerprint density at radius 3 is 2.47 bits per heavy atom. The number of ether oxygens (including phenoxy) is 1. The van der Waals surface area contributed by atoms with Crippen molar-refractivity contribution in [3.8, 4) is 0 Å². The predicted molar refractivity (Wildman–Crippen MR) is 113 cm³/mol. The molecule has 30 heavy (non-hydrogen) atoms. The van der Waals surface area contributed by atoms with E-state index in [0.717, 1.165) is 34.4 Å². The van der Waals surface area contributed by atoms with Crippen molar-refractivity contribution in [1.29, 1.82) is 0 Å². The first kappa shape index (κ1) is 20.6.